The van der Waals surface area contributed by atoms with E-state index in [1.54, 1.807) is 19.1 Å². The van der Waals surface area contributed by atoms with Gasteiger partial charge in [0.1, 0.15) is 11.6 Å². The van der Waals surface area contributed by atoms with Crippen LogP contribution in [0.15, 0.2) is 53.6 Å². The number of amides is 1. The molecule has 1 atom stereocenters. The number of likely N-dealkylation sites (tertiary alicyclic amines) is 1. The molecule has 6 heteroatoms. The van der Waals surface area contributed by atoms with Crippen LogP contribution in [0.3, 0.4) is 0 Å². The third-order valence-corrected chi connectivity index (χ3v) is 6.08. The monoisotopic (exact) mass is 379 g/mol. The van der Waals surface area contributed by atoms with Crippen LogP contribution in [0.4, 0.5) is 4.39 Å². The number of para-hydroxylation sites is 1. The molecule has 28 heavy (non-hydrogen) atoms. The maximum Gasteiger partial charge on any atom is 0.219 e. The van der Waals surface area contributed by atoms with Gasteiger partial charge in [-0.25, -0.2) is 9.40 Å². The fourth-order valence-electron chi connectivity index (χ4n) is 4.59. The molecule has 0 aromatic heterocycles. The average Bonchev–Trinajstić information content (AvgIpc) is 3.15. The fraction of sp³-hybridized carbons (Fsp3) is 0.364. The molecule has 0 aliphatic carbocycles. The maximum atomic E-state index is 14.4. The van der Waals surface area contributed by atoms with Crippen LogP contribution < -0.4 is 4.74 Å². The summed E-state index contributed by atoms with van der Waals surface area (Å²) >= 11 is 0. The van der Waals surface area contributed by atoms with Gasteiger partial charge in [-0.3, -0.25) is 4.79 Å². The van der Waals surface area contributed by atoms with Crippen molar-refractivity contribution in [3.63, 3.8) is 0 Å². The van der Waals surface area contributed by atoms with Gasteiger partial charge >= 0.3 is 0 Å². The van der Waals surface area contributed by atoms with E-state index in [1.807, 2.05) is 34.2 Å². The molecule has 1 amide bonds. The molecule has 144 valence electrons. The zero-order valence-electron chi connectivity index (χ0n) is 15.8. The van der Waals surface area contributed by atoms with Gasteiger partial charge in [0.2, 0.25) is 11.6 Å². The minimum absolute atomic E-state index is 0.0171. The topological polar surface area (TPSA) is 45.1 Å². The van der Waals surface area contributed by atoms with Crippen LogP contribution in [0.1, 0.15) is 43.4 Å². The fourth-order valence-corrected chi connectivity index (χ4v) is 4.59. The first-order valence-corrected chi connectivity index (χ1v) is 9.73. The number of piperidine rings is 1. The normalized spacial score (nSPS) is 22.4. The first-order chi connectivity index (χ1) is 13.6. The molecule has 0 radical (unpaired) electrons. The van der Waals surface area contributed by atoms with E-state index in [2.05, 4.69) is 6.07 Å². The summed E-state index contributed by atoms with van der Waals surface area (Å²) in [5, 5.41) is 6.90. The molecule has 2 aromatic carbocycles. The van der Waals surface area contributed by atoms with Crippen LogP contribution in [0.25, 0.3) is 0 Å². The summed E-state index contributed by atoms with van der Waals surface area (Å²) in [4.78, 5) is 13.6. The molecule has 0 N–H and O–H groups in total. The summed E-state index contributed by atoms with van der Waals surface area (Å²) in [7, 11) is 0. The Hall–Kier alpha value is -2.89. The highest BCUT2D eigenvalue weighted by Gasteiger charge is 2.52. The lowest BCUT2D eigenvalue weighted by molar-refractivity contribution is -0.158. The highest BCUT2D eigenvalue weighted by Crippen LogP contribution is 2.49. The Labute approximate surface area is 163 Å². The summed E-state index contributed by atoms with van der Waals surface area (Å²) in [5.41, 5.74) is 1.78. The predicted octanol–water partition coefficient (Wildman–Crippen LogP) is 3.71. The number of carbonyl (C=O) groups is 1. The molecule has 0 unspecified atom stereocenters. The number of rotatable bonds is 1. The largest absolute Gasteiger partial charge is 0.466 e. The van der Waals surface area contributed by atoms with Gasteiger partial charge in [-0.1, -0.05) is 36.4 Å². The first kappa shape index (κ1) is 17.2. The Bertz CT molecular complexity index is 966. The molecule has 0 bridgehead atoms. The second-order valence-corrected chi connectivity index (χ2v) is 7.68. The number of fused-ring (bicyclic) bond motifs is 4. The van der Waals surface area contributed by atoms with E-state index in [0.717, 1.165) is 17.0 Å². The number of ether oxygens (including phenoxy) is 1. The van der Waals surface area contributed by atoms with Gasteiger partial charge in [-0.15, -0.1) is 0 Å². The lowest BCUT2D eigenvalue weighted by atomic mass is 9.90. The number of nitrogens with zero attached hydrogens (tertiary/aromatic N) is 3. The molecule has 1 spiro atoms. The standard InChI is InChI=1S/C22H22FN3O2/c1-15(27)25-12-10-22(11-13-25)26-20(17-7-3-5-9-21(17)28-22)14-19(24-26)16-6-2-4-8-18(16)23/h2-9,20H,10-14H2,1H3/t20-/m1/s1. The Morgan fingerprint density at radius 1 is 1.14 bits per heavy atom. The molecular formula is C22H22FN3O2. The number of hydrogen-bond acceptors (Lipinski definition) is 4. The van der Waals surface area contributed by atoms with Crippen LogP contribution in [0, 0.1) is 5.82 Å². The van der Waals surface area contributed by atoms with Crippen LogP contribution in [-0.4, -0.2) is 40.3 Å². The van der Waals surface area contributed by atoms with Crippen molar-refractivity contribution in [2.24, 2.45) is 5.10 Å². The number of benzene rings is 2. The Morgan fingerprint density at radius 3 is 2.61 bits per heavy atom. The SMILES string of the molecule is CC(=O)N1CCC2(CC1)Oc1ccccc1[C@H]1CC(c3ccccc3F)=NN12. The number of halogens is 1. The molecule has 0 saturated carbocycles. The maximum absolute atomic E-state index is 14.4. The number of hydrogen-bond donors (Lipinski definition) is 0. The van der Waals surface area contributed by atoms with E-state index in [1.165, 1.54) is 6.07 Å². The third-order valence-electron chi connectivity index (χ3n) is 6.08. The third kappa shape index (κ3) is 2.58. The molecule has 3 heterocycles. The summed E-state index contributed by atoms with van der Waals surface area (Å²) in [6.07, 6.45) is 1.98. The van der Waals surface area contributed by atoms with Gasteiger partial charge in [-0.2, -0.15) is 5.10 Å². The van der Waals surface area contributed by atoms with Crippen molar-refractivity contribution in [2.75, 3.05) is 13.1 Å². The smallest absolute Gasteiger partial charge is 0.219 e. The average molecular weight is 379 g/mol. The van der Waals surface area contributed by atoms with Crippen molar-refractivity contribution in [2.45, 2.75) is 38.0 Å². The molecule has 1 saturated heterocycles. The molecule has 1 fully saturated rings. The van der Waals surface area contributed by atoms with Crippen LogP contribution >= 0.6 is 0 Å². The molecule has 3 aliphatic rings. The van der Waals surface area contributed by atoms with Crippen molar-refractivity contribution in [1.29, 1.82) is 0 Å². The summed E-state index contributed by atoms with van der Waals surface area (Å²) in [5.74, 6) is 0.695. The Balaban J connectivity index is 1.56. The van der Waals surface area contributed by atoms with Crippen molar-refractivity contribution in [3.05, 3.63) is 65.5 Å². The first-order valence-electron chi connectivity index (χ1n) is 9.73. The van der Waals surface area contributed by atoms with Gasteiger partial charge < -0.3 is 9.64 Å². The summed E-state index contributed by atoms with van der Waals surface area (Å²) in [6.45, 7) is 2.86. The van der Waals surface area contributed by atoms with Gasteiger partial charge in [-0.05, 0) is 12.1 Å². The summed E-state index contributed by atoms with van der Waals surface area (Å²) in [6, 6.07) is 14.8. The van der Waals surface area contributed by atoms with Crippen molar-refractivity contribution in [1.82, 2.24) is 9.91 Å². The van der Waals surface area contributed by atoms with E-state index in [9.17, 15) is 9.18 Å². The van der Waals surface area contributed by atoms with Crippen molar-refractivity contribution < 1.29 is 13.9 Å². The van der Waals surface area contributed by atoms with Crippen LogP contribution in [0.2, 0.25) is 0 Å². The second kappa shape index (κ2) is 6.33. The van der Waals surface area contributed by atoms with E-state index in [0.29, 0.717) is 37.9 Å². The quantitative estimate of drug-likeness (QED) is 0.759. The molecule has 5 nitrogen and oxygen atoms in total. The van der Waals surface area contributed by atoms with E-state index < -0.39 is 5.72 Å². The van der Waals surface area contributed by atoms with Crippen molar-refractivity contribution >= 4 is 11.6 Å². The van der Waals surface area contributed by atoms with E-state index in [-0.39, 0.29) is 17.8 Å². The van der Waals surface area contributed by atoms with Crippen molar-refractivity contribution in [3.8, 4) is 5.75 Å². The minimum atomic E-state index is -0.599. The van der Waals surface area contributed by atoms with E-state index in [4.69, 9.17) is 9.84 Å². The van der Waals surface area contributed by atoms with Gasteiger partial charge in [0, 0.05) is 50.4 Å². The van der Waals surface area contributed by atoms with E-state index >= 15 is 0 Å². The molecular weight excluding hydrogens is 357 g/mol. The Morgan fingerprint density at radius 2 is 1.86 bits per heavy atom. The van der Waals surface area contributed by atoms with Gasteiger partial charge in [0.05, 0.1) is 11.8 Å². The summed E-state index contributed by atoms with van der Waals surface area (Å²) < 4.78 is 20.9. The zero-order chi connectivity index (χ0) is 19.3. The lowest BCUT2D eigenvalue weighted by Gasteiger charge is -2.51. The Kier molecular flexibility index (Phi) is 3.89. The minimum Gasteiger partial charge on any atom is -0.466 e. The lowest BCUT2D eigenvalue weighted by Crippen LogP contribution is -2.59. The highest BCUT2D eigenvalue weighted by atomic mass is 19.1. The molecule has 2 aromatic rings. The molecule has 5 rings (SSSR count). The zero-order valence-corrected chi connectivity index (χ0v) is 15.8. The number of carbonyl (C=O) groups excluding carboxylic acids is 1. The van der Waals surface area contributed by atoms with Crippen LogP contribution in [-0.2, 0) is 4.79 Å². The number of hydrazone groups is 1. The molecule has 3 aliphatic heterocycles. The highest BCUT2D eigenvalue weighted by molar-refractivity contribution is 6.02. The van der Waals surface area contributed by atoms with Crippen LogP contribution in [0.5, 0.6) is 5.75 Å². The predicted molar refractivity (Wildman–Crippen MR) is 103 cm³/mol. The second-order valence-electron chi connectivity index (χ2n) is 7.68. The van der Waals surface area contributed by atoms with Gasteiger partial charge in [0.25, 0.3) is 0 Å². The van der Waals surface area contributed by atoms with Gasteiger partial charge in [0.15, 0.2) is 0 Å².